The number of aryl methyl sites for hydroxylation is 1. The monoisotopic (exact) mass is 286 g/mol. The fourth-order valence-electron chi connectivity index (χ4n) is 2.56. The molecule has 0 unspecified atom stereocenters. The van der Waals surface area contributed by atoms with E-state index in [1.165, 1.54) is 10.9 Å². The van der Waals surface area contributed by atoms with Gasteiger partial charge in [-0.05, 0) is 34.4 Å². The number of allylic oxidation sites excluding steroid dienone is 1. The zero-order valence-electron chi connectivity index (χ0n) is 12.6. The number of rotatable bonds is 4. The first-order valence-corrected chi connectivity index (χ1v) is 7.57. The van der Waals surface area contributed by atoms with E-state index in [1.807, 2.05) is 54.6 Å². The zero-order chi connectivity index (χ0) is 15.4. The van der Waals surface area contributed by atoms with Gasteiger partial charge in [-0.15, -0.1) is 0 Å². The largest absolute Gasteiger partial charge is 0.289 e. The Bertz CT molecular complexity index is 821. The van der Waals surface area contributed by atoms with E-state index in [0.29, 0.717) is 0 Å². The highest BCUT2D eigenvalue weighted by Gasteiger charge is 2.02. The van der Waals surface area contributed by atoms with Gasteiger partial charge >= 0.3 is 0 Å². The maximum atomic E-state index is 12.3. The summed E-state index contributed by atoms with van der Waals surface area (Å²) in [6.45, 7) is 2.11. The molecule has 0 bridgehead atoms. The van der Waals surface area contributed by atoms with Gasteiger partial charge < -0.3 is 0 Å². The van der Waals surface area contributed by atoms with Crippen LogP contribution in [-0.2, 0) is 6.42 Å². The molecule has 0 aromatic heterocycles. The molecule has 0 fully saturated rings. The average molecular weight is 286 g/mol. The SMILES string of the molecule is CCc1ccc(C(=O)C=Cc2cccc3ccccc23)cc1. The van der Waals surface area contributed by atoms with Gasteiger partial charge in [0.05, 0.1) is 0 Å². The summed E-state index contributed by atoms with van der Waals surface area (Å²) in [6.07, 6.45) is 4.54. The van der Waals surface area contributed by atoms with Crippen LogP contribution in [-0.4, -0.2) is 5.78 Å². The van der Waals surface area contributed by atoms with Gasteiger partial charge in [-0.2, -0.15) is 0 Å². The summed E-state index contributed by atoms with van der Waals surface area (Å²) >= 11 is 0. The Morgan fingerprint density at radius 3 is 2.41 bits per heavy atom. The summed E-state index contributed by atoms with van der Waals surface area (Å²) in [5, 5.41) is 2.35. The lowest BCUT2D eigenvalue weighted by Crippen LogP contribution is -1.94. The summed E-state index contributed by atoms with van der Waals surface area (Å²) in [7, 11) is 0. The Balaban J connectivity index is 1.87. The molecular formula is C21H18O. The molecule has 0 aliphatic rings. The zero-order valence-corrected chi connectivity index (χ0v) is 12.6. The lowest BCUT2D eigenvalue weighted by atomic mass is 10.0. The van der Waals surface area contributed by atoms with E-state index in [1.54, 1.807) is 6.08 Å². The van der Waals surface area contributed by atoms with E-state index in [-0.39, 0.29) is 5.78 Å². The van der Waals surface area contributed by atoms with Crippen LogP contribution in [0.4, 0.5) is 0 Å². The van der Waals surface area contributed by atoms with Crippen molar-refractivity contribution in [3.8, 4) is 0 Å². The molecule has 22 heavy (non-hydrogen) atoms. The third kappa shape index (κ3) is 2.99. The summed E-state index contributed by atoms with van der Waals surface area (Å²) in [4.78, 5) is 12.3. The lowest BCUT2D eigenvalue weighted by molar-refractivity contribution is 0.104. The minimum atomic E-state index is 0.0376. The van der Waals surface area contributed by atoms with Crippen molar-refractivity contribution in [3.05, 3.63) is 89.5 Å². The van der Waals surface area contributed by atoms with Crippen molar-refractivity contribution in [2.75, 3.05) is 0 Å². The highest BCUT2D eigenvalue weighted by atomic mass is 16.1. The fourth-order valence-corrected chi connectivity index (χ4v) is 2.56. The molecule has 3 aromatic rings. The van der Waals surface area contributed by atoms with E-state index in [4.69, 9.17) is 0 Å². The van der Waals surface area contributed by atoms with Gasteiger partial charge in [0.15, 0.2) is 5.78 Å². The number of fused-ring (bicyclic) bond motifs is 1. The fraction of sp³-hybridized carbons (Fsp3) is 0.0952. The van der Waals surface area contributed by atoms with Crippen LogP contribution in [0.15, 0.2) is 72.8 Å². The van der Waals surface area contributed by atoms with Crippen molar-refractivity contribution in [3.63, 3.8) is 0 Å². The molecule has 0 amide bonds. The number of hydrogen-bond acceptors (Lipinski definition) is 1. The predicted molar refractivity (Wildman–Crippen MR) is 93.1 cm³/mol. The third-order valence-corrected chi connectivity index (χ3v) is 3.88. The van der Waals surface area contributed by atoms with Crippen LogP contribution in [0.5, 0.6) is 0 Å². The van der Waals surface area contributed by atoms with E-state index in [2.05, 4.69) is 25.1 Å². The van der Waals surface area contributed by atoms with E-state index < -0.39 is 0 Å². The molecule has 0 N–H and O–H groups in total. The van der Waals surface area contributed by atoms with Crippen LogP contribution in [0.1, 0.15) is 28.4 Å². The second-order valence-electron chi connectivity index (χ2n) is 5.32. The van der Waals surface area contributed by atoms with E-state index in [0.717, 1.165) is 22.9 Å². The molecule has 0 aliphatic carbocycles. The van der Waals surface area contributed by atoms with Gasteiger partial charge in [0.2, 0.25) is 0 Å². The third-order valence-electron chi connectivity index (χ3n) is 3.88. The molecule has 108 valence electrons. The molecule has 3 rings (SSSR count). The Hall–Kier alpha value is -2.67. The highest BCUT2D eigenvalue weighted by molar-refractivity contribution is 6.07. The average Bonchev–Trinajstić information content (AvgIpc) is 2.59. The van der Waals surface area contributed by atoms with Crippen molar-refractivity contribution in [1.82, 2.24) is 0 Å². The number of carbonyl (C=O) groups is 1. The molecule has 0 radical (unpaired) electrons. The molecule has 0 saturated carbocycles. The molecule has 0 spiro atoms. The molecule has 1 heteroatoms. The Morgan fingerprint density at radius 2 is 1.64 bits per heavy atom. The summed E-state index contributed by atoms with van der Waals surface area (Å²) in [5.74, 6) is 0.0376. The normalized spacial score (nSPS) is 11.1. The van der Waals surface area contributed by atoms with Crippen LogP contribution in [0.2, 0.25) is 0 Å². The first kappa shape index (κ1) is 14.3. The van der Waals surface area contributed by atoms with Crippen LogP contribution in [0, 0.1) is 0 Å². The van der Waals surface area contributed by atoms with Gasteiger partial charge in [0.1, 0.15) is 0 Å². The topological polar surface area (TPSA) is 17.1 Å². The lowest BCUT2D eigenvalue weighted by Gasteiger charge is -2.02. The van der Waals surface area contributed by atoms with Gasteiger partial charge in [0.25, 0.3) is 0 Å². The summed E-state index contributed by atoms with van der Waals surface area (Å²) < 4.78 is 0. The number of ketones is 1. The Labute approximate surface area is 130 Å². The van der Waals surface area contributed by atoms with E-state index in [9.17, 15) is 4.79 Å². The molecule has 3 aromatic carbocycles. The highest BCUT2D eigenvalue weighted by Crippen LogP contribution is 2.20. The second-order valence-corrected chi connectivity index (χ2v) is 5.32. The second kappa shape index (κ2) is 6.40. The van der Waals surface area contributed by atoms with Crippen molar-refractivity contribution >= 4 is 22.6 Å². The summed E-state index contributed by atoms with van der Waals surface area (Å²) in [5.41, 5.74) is 3.04. The molecule has 0 aliphatic heterocycles. The summed E-state index contributed by atoms with van der Waals surface area (Å²) in [6, 6.07) is 22.2. The predicted octanol–water partition coefficient (Wildman–Crippen LogP) is 5.30. The first-order valence-electron chi connectivity index (χ1n) is 7.57. The van der Waals surface area contributed by atoms with Crippen molar-refractivity contribution in [1.29, 1.82) is 0 Å². The van der Waals surface area contributed by atoms with Gasteiger partial charge in [-0.3, -0.25) is 4.79 Å². The van der Waals surface area contributed by atoms with Crippen molar-refractivity contribution in [2.45, 2.75) is 13.3 Å². The van der Waals surface area contributed by atoms with Gasteiger partial charge in [-0.1, -0.05) is 79.7 Å². The smallest absolute Gasteiger partial charge is 0.185 e. The number of carbonyl (C=O) groups excluding carboxylic acids is 1. The van der Waals surface area contributed by atoms with Crippen LogP contribution < -0.4 is 0 Å². The number of benzene rings is 3. The first-order chi connectivity index (χ1) is 10.8. The number of hydrogen-bond donors (Lipinski definition) is 0. The maximum Gasteiger partial charge on any atom is 0.185 e. The standard InChI is InChI=1S/C21H18O/c1-2-16-10-12-19(13-11-16)21(22)15-14-18-8-5-7-17-6-3-4-9-20(17)18/h3-15H,2H2,1H3. The quantitative estimate of drug-likeness (QED) is 0.470. The Morgan fingerprint density at radius 1 is 0.909 bits per heavy atom. The minimum Gasteiger partial charge on any atom is -0.289 e. The van der Waals surface area contributed by atoms with Crippen molar-refractivity contribution < 1.29 is 4.79 Å². The van der Waals surface area contributed by atoms with Gasteiger partial charge in [0, 0.05) is 5.56 Å². The molecule has 0 saturated heterocycles. The van der Waals surface area contributed by atoms with Crippen LogP contribution >= 0.6 is 0 Å². The molecular weight excluding hydrogens is 268 g/mol. The van der Waals surface area contributed by atoms with Gasteiger partial charge in [-0.25, -0.2) is 0 Å². The molecule has 1 nitrogen and oxygen atoms in total. The van der Waals surface area contributed by atoms with E-state index >= 15 is 0 Å². The Kier molecular flexibility index (Phi) is 4.15. The van der Waals surface area contributed by atoms with Crippen LogP contribution in [0.25, 0.3) is 16.8 Å². The molecule has 0 atom stereocenters. The maximum absolute atomic E-state index is 12.3. The molecule has 0 heterocycles. The van der Waals surface area contributed by atoms with Crippen LogP contribution in [0.3, 0.4) is 0 Å². The minimum absolute atomic E-state index is 0.0376. The van der Waals surface area contributed by atoms with Crippen molar-refractivity contribution in [2.24, 2.45) is 0 Å².